The zero-order valence-electron chi connectivity index (χ0n) is 20.4. The van der Waals surface area contributed by atoms with E-state index in [2.05, 4.69) is 50.1 Å². The first-order valence-corrected chi connectivity index (χ1v) is 14.8. The average Bonchev–Trinajstić information content (AvgIpc) is 3.40. The van der Waals surface area contributed by atoms with E-state index in [0.29, 0.717) is 32.0 Å². The van der Waals surface area contributed by atoms with Crippen LogP contribution in [-0.4, -0.2) is 54.8 Å². The summed E-state index contributed by atoms with van der Waals surface area (Å²) in [4.78, 5) is 23.7. The molecule has 1 saturated heterocycles. The van der Waals surface area contributed by atoms with Gasteiger partial charge in [0.1, 0.15) is 5.82 Å². The maximum atomic E-state index is 13.1. The van der Waals surface area contributed by atoms with Crippen molar-refractivity contribution in [3.63, 3.8) is 0 Å². The second-order valence-corrected chi connectivity index (χ2v) is 11.0. The van der Waals surface area contributed by atoms with Crippen LogP contribution in [0.5, 0.6) is 0 Å². The Balaban J connectivity index is 1.33. The Morgan fingerprint density at radius 3 is 2.59 bits per heavy atom. The molecule has 5 rings (SSSR count). The van der Waals surface area contributed by atoms with Crippen molar-refractivity contribution in [1.82, 2.24) is 30.0 Å². The van der Waals surface area contributed by atoms with Crippen LogP contribution in [0.25, 0.3) is 17.2 Å². The number of amides is 2. The molecule has 9 heteroatoms. The molecule has 0 bridgehead atoms. The number of nitrogens with zero attached hydrogens (tertiary/aromatic N) is 5. The lowest BCUT2D eigenvalue weighted by Gasteiger charge is -2.32. The van der Waals surface area contributed by atoms with Gasteiger partial charge < -0.3 is 10.2 Å². The molecule has 1 atom stereocenters. The number of carbonyl (C=O) groups excluding carboxylic acids is 1. The molecule has 2 aromatic heterocycles. The van der Waals surface area contributed by atoms with Crippen LogP contribution in [0.1, 0.15) is 30.0 Å². The summed E-state index contributed by atoms with van der Waals surface area (Å²) in [6, 6.07) is 18.6. The van der Waals surface area contributed by atoms with E-state index in [1.807, 2.05) is 9.58 Å². The van der Waals surface area contributed by atoms with Crippen LogP contribution >= 0.6 is 20.7 Å². The fourth-order valence-corrected chi connectivity index (χ4v) is 5.45. The van der Waals surface area contributed by atoms with Gasteiger partial charge in [0.15, 0.2) is 0 Å². The van der Waals surface area contributed by atoms with Gasteiger partial charge >= 0.3 is 6.03 Å². The van der Waals surface area contributed by atoms with Gasteiger partial charge in [-0.15, -0.1) is 0 Å². The molecule has 1 N–H and O–H groups in total. The second-order valence-electron chi connectivity index (χ2n) is 8.95. The average molecular weight is 610 g/mol. The van der Waals surface area contributed by atoms with Gasteiger partial charge in [-0.2, -0.15) is 5.10 Å². The number of hydrogen-bond acceptors (Lipinski definition) is 4. The van der Waals surface area contributed by atoms with Crippen LogP contribution in [0.2, 0.25) is 0 Å². The van der Waals surface area contributed by atoms with Crippen molar-refractivity contribution in [2.75, 3.05) is 19.6 Å². The number of aromatic nitrogens is 4. The summed E-state index contributed by atoms with van der Waals surface area (Å²) in [6.45, 7) is 1.79. The maximum Gasteiger partial charge on any atom is 0.317 e. The molecule has 0 aliphatic carbocycles. The van der Waals surface area contributed by atoms with E-state index >= 15 is 0 Å². The Bertz CT molecular complexity index is 1360. The summed E-state index contributed by atoms with van der Waals surface area (Å²) >= 11 is -0.208. The molecule has 3 heterocycles. The molecule has 2 amide bonds. The lowest BCUT2D eigenvalue weighted by Crippen LogP contribution is -2.45. The van der Waals surface area contributed by atoms with Gasteiger partial charge in [-0.05, 0) is 61.2 Å². The van der Waals surface area contributed by atoms with Gasteiger partial charge in [0.05, 0.1) is 11.4 Å². The fourth-order valence-electron chi connectivity index (χ4n) is 4.58. The molecule has 37 heavy (non-hydrogen) atoms. The first-order chi connectivity index (χ1) is 18.1. The minimum Gasteiger partial charge on any atom is -0.338 e. The summed E-state index contributed by atoms with van der Waals surface area (Å²) in [6.07, 6.45) is 5.92. The first kappa shape index (κ1) is 25.2. The zero-order valence-corrected chi connectivity index (χ0v) is 22.5. The molecule has 2 aromatic carbocycles. The summed E-state index contributed by atoms with van der Waals surface area (Å²) in [5, 5.41) is 7.90. The molecular formula is C28H28FIN6O. The Labute approximate surface area is 225 Å². The van der Waals surface area contributed by atoms with E-state index < -0.39 is 0 Å². The van der Waals surface area contributed by atoms with Crippen LogP contribution in [-0.2, 0) is 6.42 Å². The SMILES string of the molecule is C=Ic1ccc(-c2cc(C3CCCN(C(=O)NCCc4ccc(F)cc4)C3)n(-c3ncccn3)n2)cc1. The third-order valence-electron chi connectivity index (χ3n) is 6.50. The third-order valence-corrected chi connectivity index (χ3v) is 8.10. The Morgan fingerprint density at radius 2 is 1.86 bits per heavy atom. The second kappa shape index (κ2) is 11.7. The number of hydrogen-bond donors (Lipinski definition) is 1. The Kier molecular flexibility index (Phi) is 7.98. The van der Waals surface area contributed by atoms with Crippen LogP contribution < -0.4 is 5.32 Å². The highest BCUT2D eigenvalue weighted by Gasteiger charge is 2.28. The third kappa shape index (κ3) is 6.10. The van der Waals surface area contributed by atoms with Crippen molar-refractivity contribution in [3.8, 4) is 17.2 Å². The van der Waals surface area contributed by atoms with Crippen molar-refractivity contribution in [2.45, 2.75) is 25.2 Å². The van der Waals surface area contributed by atoms with E-state index in [9.17, 15) is 9.18 Å². The fraction of sp³-hybridized carbons (Fsp3) is 0.250. The predicted octanol–water partition coefficient (Wildman–Crippen LogP) is 5.17. The van der Waals surface area contributed by atoms with Gasteiger partial charge in [-0.3, -0.25) is 0 Å². The number of nitrogens with one attached hydrogen (secondary N) is 1. The first-order valence-electron chi connectivity index (χ1n) is 12.2. The monoisotopic (exact) mass is 610 g/mol. The minimum atomic E-state index is -0.257. The molecule has 1 aliphatic rings. The standard InChI is InChI=1S/C28H28FIN6O/c1-30-24-11-7-21(8-12-24)25-18-26(36(34-25)27-31-14-3-15-32-27)22-4-2-17-35(19-22)28(37)33-16-13-20-5-9-23(29)10-6-20/h3,5-12,14-15,18,22H,1-2,4,13,16-17,19H2,(H,33,37). The van der Waals surface area contributed by atoms with E-state index in [1.165, 1.54) is 15.7 Å². The molecule has 7 nitrogen and oxygen atoms in total. The lowest BCUT2D eigenvalue weighted by molar-refractivity contribution is 0.178. The smallest absolute Gasteiger partial charge is 0.317 e. The van der Waals surface area contributed by atoms with Crippen LogP contribution in [0.15, 0.2) is 73.1 Å². The number of rotatable bonds is 7. The molecule has 0 saturated carbocycles. The van der Waals surface area contributed by atoms with E-state index in [4.69, 9.17) is 5.10 Å². The quantitative estimate of drug-likeness (QED) is 0.293. The van der Waals surface area contributed by atoms with Crippen molar-refractivity contribution in [3.05, 3.63) is 93.7 Å². The van der Waals surface area contributed by atoms with Crippen molar-refractivity contribution in [2.24, 2.45) is 0 Å². The van der Waals surface area contributed by atoms with Crippen LogP contribution in [0.3, 0.4) is 0 Å². The highest BCUT2D eigenvalue weighted by Crippen LogP contribution is 2.31. The van der Waals surface area contributed by atoms with Crippen LogP contribution in [0.4, 0.5) is 9.18 Å². The summed E-state index contributed by atoms with van der Waals surface area (Å²) in [5.41, 5.74) is 3.88. The minimum absolute atomic E-state index is 0.0823. The van der Waals surface area contributed by atoms with Gasteiger partial charge in [0.2, 0.25) is 0 Å². The number of benzene rings is 2. The Morgan fingerprint density at radius 1 is 1.11 bits per heavy atom. The topological polar surface area (TPSA) is 75.9 Å². The number of likely N-dealkylation sites (tertiary alicyclic amines) is 1. The van der Waals surface area contributed by atoms with E-state index in [0.717, 1.165) is 35.4 Å². The number of halogens is 2. The highest BCUT2D eigenvalue weighted by atomic mass is 127. The zero-order chi connectivity index (χ0) is 25.6. The molecule has 0 spiro atoms. The van der Waals surface area contributed by atoms with Crippen molar-refractivity contribution >= 4 is 31.3 Å². The maximum absolute atomic E-state index is 13.1. The summed E-state index contributed by atoms with van der Waals surface area (Å²) in [5.74, 6) is 0.364. The van der Waals surface area contributed by atoms with Gasteiger partial charge in [0, 0.05) is 47.1 Å². The summed E-state index contributed by atoms with van der Waals surface area (Å²) < 4.78 is 20.3. The summed E-state index contributed by atoms with van der Waals surface area (Å²) in [7, 11) is 0. The largest absolute Gasteiger partial charge is 0.338 e. The van der Waals surface area contributed by atoms with E-state index in [1.54, 1.807) is 30.6 Å². The van der Waals surface area contributed by atoms with E-state index in [-0.39, 0.29) is 38.5 Å². The van der Waals surface area contributed by atoms with Gasteiger partial charge in [-0.1, -0.05) is 49.5 Å². The van der Waals surface area contributed by atoms with Gasteiger partial charge in [-0.25, -0.2) is 23.8 Å². The number of piperidine rings is 1. The lowest BCUT2D eigenvalue weighted by atomic mass is 9.94. The molecule has 1 unspecified atom stereocenters. The highest BCUT2D eigenvalue weighted by molar-refractivity contribution is 14.2. The van der Waals surface area contributed by atoms with Crippen molar-refractivity contribution < 1.29 is 9.18 Å². The number of carbonyl (C=O) groups is 1. The normalized spacial score (nSPS) is 15.5. The molecule has 0 radical (unpaired) electrons. The molecule has 190 valence electrons. The Hall–Kier alpha value is -3.47. The van der Waals surface area contributed by atoms with Gasteiger partial charge in [0.25, 0.3) is 5.95 Å². The molecular weight excluding hydrogens is 582 g/mol. The van der Waals surface area contributed by atoms with Crippen molar-refractivity contribution in [1.29, 1.82) is 0 Å². The molecule has 4 aromatic rings. The van der Waals surface area contributed by atoms with Crippen LogP contribution in [0, 0.1) is 9.39 Å². The molecule has 1 fully saturated rings. The molecule has 1 aliphatic heterocycles. The number of urea groups is 1. The predicted molar refractivity (Wildman–Crippen MR) is 151 cm³/mol.